The van der Waals surface area contributed by atoms with E-state index in [-0.39, 0.29) is 0 Å². The summed E-state index contributed by atoms with van der Waals surface area (Å²) in [5, 5.41) is 3.31. The molecular formula is C14H14BrNOS. The molecule has 2 heterocycles. The van der Waals surface area contributed by atoms with Gasteiger partial charge in [0.1, 0.15) is 0 Å². The van der Waals surface area contributed by atoms with Gasteiger partial charge in [-0.3, -0.25) is 0 Å². The van der Waals surface area contributed by atoms with Crippen LogP contribution < -0.4 is 0 Å². The highest BCUT2D eigenvalue weighted by Crippen LogP contribution is 2.26. The molecule has 0 bridgehead atoms. The maximum absolute atomic E-state index is 5.65. The lowest BCUT2D eigenvalue weighted by atomic mass is 10.2. The van der Waals surface area contributed by atoms with E-state index in [9.17, 15) is 0 Å². The minimum atomic E-state index is 0.383. The topological polar surface area (TPSA) is 22.1 Å². The first-order valence-corrected chi connectivity index (χ1v) is 7.80. The summed E-state index contributed by atoms with van der Waals surface area (Å²) in [6.45, 7) is 0.912. The van der Waals surface area contributed by atoms with Crippen LogP contribution in [0.5, 0.6) is 0 Å². The average Bonchev–Trinajstić information content (AvgIpc) is 3.02. The molecule has 2 nitrogen and oxygen atoms in total. The van der Waals surface area contributed by atoms with Crippen LogP contribution in [-0.4, -0.2) is 17.7 Å². The predicted molar refractivity (Wildman–Crippen MR) is 77.9 cm³/mol. The van der Waals surface area contributed by atoms with Crippen molar-refractivity contribution < 1.29 is 4.74 Å². The van der Waals surface area contributed by atoms with Gasteiger partial charge >= 0.3 is 0 Å². The molecule has 2 aromatic rings. The van der Waals surface area contributed by atoms with E-state index in [1.165, 1.54) is 23.4 Å². The Morgan fingerprint density at radius 2 is 2.17 bits per heavy atom. The molecule has 0 aliphatic carbocycles. The van der Waals surface area contributed by atoms with Gasteiger partial charge in [-0.1, -0.05) is 28.1 Å². The van der Waals surface area contributed by atoms with Gasteiger partial charge in [-0.25, -0.2) is 4.98 Å². The molecule has 94 valence electrons. The third kappa shape index (κ3) is 2.82. The zero-order chi connectivity index (χ0) is 12.4. The van der Waals surface area contributed by atoms with Crippen LogP contribution in [0.1, 0.15) is 17.8 Å². The van der Waals surface area contributed by atoms with Gasteiger partial charge in [0.05, 0.1) is 16.8 Å². The van der Waals surface area contributed by atoms with Crippen LogP contribution in [0.4, 0.5) is 0 Å². The van der Waals surface area contributed by atoms with E-state index < -0.39 is 0 Å². The third-order valence-electron chi connectivity index (χ3n) is 3.12. The fraction of sp³-hybridized carbons (Fsp3) is 0.357. The lowest BCUT2D eigenvalue weighted by Gasteiger charge is -2.05. The molecule has 1 saturated heterocycles. The SMILES string of the molecule is Brc1ccc(-c2csc(CC3CCCO3)n2)cc1. The van der Waals surface area contributed by atoms with Gasteiger partial charge in [0.2, 0.25) is 0 Å². The van der Waals surface area contributed by atoms with Crippen molar-refractivity contribution in [2.24, 2.45) is 0 Å². The quantitative estimate of drug-likeness (QED) is 0.840. The zero-order valence-electron chi connectivity index (χ0n) is 9.93. The summed E-state index contributed by atoms with van der Waals surface area (Å²) in [4.78, 5) is 4.70. The molecule has 0 saturated carbocycles. The molecule has 1 atom stereocenters. The van der Waals surface area contributed by atoms with E-state index in [0.29, 0.717) is 6.10 Å². The van der Waals surface area contributed by atoms with E-state index in [2.05, 4.69) is 45.6 Å². The number of halogens is 1. The van der Waals surface area contributed by atoms with Gasteiger partial charge in [0.25, 0.3) is 0 Å². The number of nitrogens with zero attached hydrogens (tertiary/aromatic N) is 1. The molecule has 0 radical (unpaired) electrons. The van der Waals surface area contributed by atoms with E-state index in [1.54, 1.807) is 11.3 Å². The fourth-order valence-corrected chi connectivity index (χ4v) is 3.29. The van der Waals surface area contributed by atoms with Crippen molar-refractivity contribution in [2.75, 3.05) is 6.61 Å². The summed E-state index contributed by atoms with van der Waals surface area (Å²) < 4.78 is 6.75. The Morgan fingerprint density at radius 1 is 1.33 bits per heavy atom. The maximum atomic E-state index is 5.65. The summed E-state index contributed by atoms with van der Waals surface area (Å²) in [7, 11) is 0. The number of ether oxygens (including phenoxy) is 1. The summed E-state index contributed by atoms with van der Waals surface area (Å²) in [5.74, 6) is 0. The van der Waals surface area contributed by atoms with Crippen LogP contribution in [0, 0.1) is 0 Å². The minimum absolute atomic E-state index is 0.383. The molecule has 1 aliphatic rings. The van der Waals surface area contributed by atoms with Crippen LogP contribution in [-0.2, 0) is 11.2 Å². The van der Waals surface area contributed by atoms with Crippen LogP contribution in [0.25, 0.3) is 11.3 Å². The molecule has 1 aromatic heterocycles. The number of benzene rings is 1. The van der Waals surface area contributed by atoms with Crippen molar-refractivity contribution >= 4 is 27.3 Å². The van der Waals surface area contributed by atoms with Crippen molar-refractivity contribution in [1.82, 2.24) is 4.98 Å². The summed E-state index contributed by atoms with van der Waals surface area (Å²) in [5.41, 5.74) is 2.24. The zero-order valence-corrected chi connectivity index (χ0v) is 12.3. The van der Waals surface area contributed by atoms with Crippen LogP contribution in [0.15, 0.2) is 34.1 Å². The van der Waals surface area contributed by atoms with Gasteiger partial charge in [-0.05, 0) is 25.0 Å². The molecule has 1 fully saturated rings. The second kappa shape index (κ2) is 5.51. The lowest BCUT2D eigenvalue weighted by molar-refractivity contribution is 0.111. The first-order valence-electron chi connectivity index (χ1n) is 6.13. The highest BCUT2D eigenvalue weighted by molar-refractivity contribution is 9.10. The monoisotopic (exact) mass is 323 g/mol. The number of thiazole rings is 1. The first-order chi connectivity index (χ1) is 8.81. The van der Waals surface area contributed by atoms with Crippen LogP contribution in [0.2, 0.25) is 0 Å². The van der Waals surface area contributed by atoms with Crippen molar-refractivity contribution in [3.63, 3.8) is 0 Å². The largest absolute Gasteiger partial charge is 0.378 e. The van der Waals surface area contributed by atoms with Gasteiger partial charge in [-0.15, -0.1) is 11.3 Å². The molecule has 0 N–H and O–H groups in total. The number of hydrogen-bond donors (Lipinski definition) is 0. The number of hydrogen-bond acceptors (Lipinski definition) is 3. The standard InChI is InChI=1S/C14H14BrNOS/c15-11-5-3-10(4-6-11)13-9-18-14(16-13)8-12-2-1-7-17-12/h3-6,9,12H,1-2,7-8H2. The van der Waals surface area contributed by atoms with Gasteiger partial charge < -0.3 is 4.74 Å². The fourth-order valence-electron chi connectivity index (χ4n) is 2.16. The van der Waals surface area contributed by atoms with E-state index in [1.807, 2.05) is 0 Å². The van der Waals surface area contributed by atoms with Gasteiger partial charge in [0.15, 0.2) is 0 Å². The van der Waals surface area contributed by atoms with Crippen molar-refractivity contribution in [2.45, 2.75) is 25.4 Å². The van der Waals surface area contributed by atoms with E-state index in [0.717, 1.165) is 23.2 Å². The Morgan fingerprint density at radius 3 is 2.89 bits per heavy atom. The Labute approximate surface area is 119 Å². The minimum Gasteiger partial charge on any atom is -0.378 e. The maximum Gasteiger partial charge on any atom is 0.0958 e. The Hall–Kier alpha value is -0.710. The van der Waals surface area contributed by atoms with Gasteiger partial charge in [0, 0.05) is 28.4 Å². The second-order valence-corrected chi connectivity index (χ2v) is 6.33. The molecule has 18 heavy (non-hydrogen) atoms. The van der Waals surface area contributed by atoms with Gasteiger partial charge in [-0.2, -0.15) is 0 Å². The first kappa shape index (κ1) is 12.3. The predicted octanol–water partition coefficient (Wildman–Crippen LogP) is 4.29. The normalized spacial score (nSPS) is 19.3. The summed E-state index contributed by atoms with van der Waals surface area (Å²) >= 11 is 5.18. The molecule has 1 aliphatic heterocycles. The molecular weight excluding hydrogens is 310 g/mol. The Kier molecular flexibility index (Phi) is 3.77. The van der Waals surface area contributed by atoms with Crippen molar-refractivity contribution in [3.05, 3.63) is 39.1 Å². The molecule has 0 spiro atoms. The highest BCUT2D eigenvalue weighted by Gasteiger charge is 2.17. The Bertz CT molecular complexity index is 517. The average molecular weight is 324 g/mol. The van der Waals surface area contributed by atoms with Crippen molar-refractivity contribution in [3.8, 4) is 11.3 Å². The number of rotatable bonds is 3. The molecule has 3 rings (SSSR count). The van der Waals surface area contributed by atoms with Crippen LogP contribution in [0.3, 0.4) is 0 Å². The lowest BCUT2D eigenvalue weighted by Crippen LogP contribution is -2.08. The summed E-state index contributed by atoms with van der Waals surface area (Å²) in [6, 6.07) is 8.28. The number of aromatic nitrogens is 1. The molecule has 1 unspecified atom stereocenters. The Balaban J connectivity index is 1.74. The smallest absolute Gasteiger partial charge is 0.0958 e. The summed E-state index contributed by atoms with van der Waals surface area (Å²) in [6.07, 6.45) is 3.71. The second-order valence-electron chi connectivity index (χ2n) is 4.47. The van der Waals surface area contributed by atoms with E-state index in [4.69, 9.17) is 9.72 Å². The molecule has 4 heteroatoms. The molecule has 0 amide bonds. The third-order valence-corrected chi connectivity index (χ3v) is 4.52. The molecule has 1 aromatic carbocycles. The van der Waals surface area contributed by atoms with Crippen molar-refractivity contribution in [1.29, 1.82) is 0 Å². The van der Waals surface area contributed by atoms with Crippen LogP contribution >= 0.6 is 27.3 Å². The highest BCUT2D eigenvalue weighted by atomic mass is 79.9. The van der Waals surface area contributed by atoms with E-state index >= 15 is 0 Å².